The van der Waals surface area contributed by atoms with E-state index in [2.05, 4.69) is 76.4 Å². The number of piperidine rings is 2. The number of amides is 2. The van der Waals surface area contributed by atoms with Crippen molar-refractivity contribution in [3.05, 3.63) is 80.9 Å². The maximum absolute atomic E-state index is 14.9. The van der Waals surface area contributed by atoms with Crippen LogP contribution in [0.25, 0.3) is 10.2 Å². The Labute approximate surface area is 360 Å². The minimum absolute atomic E-state index is 0.0572. The number of fused-ring (bicyclic) bond motifs is 1. The average Bonchev–Trinajstić information content (AvgIpc) is 3.69. The quantitative estimate of drug-likeness (QED) is 0.0381. The second kappa shape index (κ2) is 19.0. The highest BCUT2D eigenvalue weighted by atomic mass is 79.9. The standard InChI is InChI=1S/C42H49BrF2N9O4PS/c1-5-25-20-32(51-42-48-22-28(43)40(53-42)50-31-7-8-35-38(49-23-60-35)39(31)59(3,4)57)34(58-2)21-33(25)54-16-11-26(12-17-54)47-15-14-46-13-10-24-18-29(44)37(30(45)19-24)27-6-9-36(55)52-41(27)56/h7-8,18-23,26-27,46-47H,5-6,9-17H2,1-4H3,(H,52,55,56)(H2,48,50,51,53). The van der Waals surface area contributed by atoms with Crippen molar-refractivity contribution in [3.8, 4) is 5.75 Å². The van der Waals surface area contributed by atoms with Crippen molar-refractivity contribution in [1.82, 2.24) is 30.9 Å². The largest absolute Gasteiger partial charge is 0.494 e. The highest BCUT2D eigenvalue weighted by molar-refractivity contribution is 9.10. The van der Waals surface area contributed by atoms with Crippen LogP contribution >= 0.6 is 34.4 Å². The van der Waals surface area contributed by atoms with Gasteiger partial charge in [0.25, 0.3) is 0 Å². The summed E-state index contributed by atoms with van der Waals surface area (Å²) in [5.41, 5.74) is 6.45. The summed E-state index contributed by atoms with van der Waals surface area (Å²) >= 11 is 5.09. The summed E-state index contributed by atoms with van der Waals surface area (Å²) in [7, 11) is -1.06. The van der Waals surface area contributed by atoms with Gasteiger partial charge in [0, 0.05) is 62.2 Å². The van der Waals surface area contributed by atoms with E-state index in [4.69, 9.17) is 9.72 Å². The average molecular weight is 925 g/mol. The molecule has 5 N–H and O–H groups in total. The normalized spacial score (nSPS) is 16.3. The van der Waals surface area contributed by atoms with Gasteiger partial charge < -0.3 is 35.5 Å². The lowest BCUT2D eigenvalue weighted by Crippen LogP contribution is -2.44. The Balaban J connectivity index is 0.910. The summed E-state index contributed by atoms with van der Waals surface area (Å²) in [6, 6.07) is 11.0. The summed E-state index contributed by atoms with van der Waals surface area (Å²) in [6.45, 7) is 9.38. The Morgan fingerprint density at radius 2 is 1.77 bits per heavy atom. The number of carbonyl (C=O) groups is 2. The SMILES string of the molecule is CCc1cc(Nc2ncc(Br)c(Nc3ccc4scnc4c3P(C)(C)=O)n2)c(OC)cc1N1CCC(NCCNCCc2cc(F)c(C3CCC(=O)NC3=O)c(F)c2)CC1. The minimum atomic E-state index is -2.70. The van der Waals surface area contributed by atoms with E-state index in [1.165, 1.54) is 23.5 Å². The molecule has 60 heavy (non-hydrogen) atoms. The molecular weight excluding hydrogens is 875 g/mol. The topological polar surface area (TPSA) is 162 Å². The first-order chi connectivity index (χ1) is 28.8. The number of methoxy groups -OCH3 is 1. The van der Waals surface area contributed by atoms with Crippen LogP contribution < -0.4 is 41.5 Å². The van der Waals surface area contributed by atoms with E-state index in [0.29, 0.717) is 64.1 Å². The number of thiazole rings is 1. The molecule has 18 heteroatoms. The zero-order valence-corrected chi connectivity index (χ0v) is 37.3. The first kappa shape index (κ1) is 43.5. The second-order valence-electron chi connectivity index (χ2n) is 15.4. The molecule has 13 nitrogen and oxygen atoms in total. The molecule has 1 unspecified atom stereocenters. The lowest BCUT2D eigenvalue weighted by atomic mass is 9.89. The molecule has 1 atom stereocenters. The number of rotatable bonds is 16. The molecule has 2 saturated heterocycles. The van der Waals surface area contributed by atoms with Crippen molar-refractivity contribution in [2.24, 2.45) is 0 Å². The van der Waals surface area contributed by atoms with Crippen LogP contribution in [0.15, 0.2) is 52.6 Å². The van der Waals surface area contributed by atoms with Gasteiger partial charge in [-0.3, -0.25) is 14.9 Å². The van der Waals surface area contributed by atoms with Crippen LogP contribution in [0.4, 0.5) is 37.6 Å². The predicted molar refractivity (Wildman–Crippen MR) is 239 cm³/mol. The molecular formula is C42H49BrF2N9O4PS. The lowest BCUT2D eigenvalue weighted by molar-refractivity contribution is -0.134. The van der Waals surface area contributed by atoms with Crippen LogP contribution in [-0.2, 0) is 27.0 Å². The van der Waals surface area contributed by atoms with Gasteiger partial charge in [-0.15, -0.1) is 11.3 Å². The number of carbonyl (C=O) groups excluding carboxylic acids is 2. The number of benzene rings is 3. The molecule has 0 aliphatic carbocycles. The van der Waals surface area contributed by atoms with Gasteiger partial charge in [0.05, 0.1) is 49.9 Å². The first-order valence-electron chi connectivity index (χ1n) is 20.0. The molecule has 2 amide bonds. The van der Waals surface area contributed by atoms with Crippen LogP contribution in [0.5, 0.6) is 5.75 Å². The minimum Gasteiger partial charge on any atom is -0.494 e. The molecule has 2 aliphatic rings. The van der Waals surface area contributed by atoms with Crippen molar-refractivity contribution >= 4 is 90.6 Å². The summed E-state index contributed by atoms with van der Waals surface area (Å²) in [4.78, 5) is 39.8. The van der Waals surface area contributed by atoms with Gasteiger partial charge in [0.15, 0.2) is 0 Å². The number of nitrogens with zero attached hydrogens (tertiary/aromatic N) is 4. The lowest BCUT2D eigenvalue weighted by Gasteiger charge is -2.35. The number of hydrogen-bond acceptors (Lipinski definition) is 13. The number of hydrogen-bond donors (Lipinski definition) is 5. The van der Waals surface area contributed by atoms with Gasteiger partial charge in [-0.05, 0) is 109 Å². The van der Waals surface area contributed by atoms with Gasteiger partial charge in [-0.1, -0.05) is 6.92 Å². The van der Waals surface area contributed by atoms with E-state index < -0.39 is 36.5 Å². The fraction of sp³-hybridized carbons (Fsp3) is 0.405. The molecule has 318 valence electrons. The molecule has 2 aliphatic heterocycles. The maximum Gasteiger partial charge on any atom is 0.234 e. The molecule has 0 saturated carbocycles. The number of imide groups is 1. The van der Waals surface area contributed by atoms with E-state index in [9.17, 15) is 22.9 Å². The highest BCUT2D eigenvalue weighted by Gasteiger charge is 2.32. The van der Waals surface area contributed by atoms with Crippen LogP contribution in [-0.4, -0.2) is 86.0 Å². The Hall–Kier alpha value is -4.54. The number of ether oxygens (including phenoxy) is 1. The number of nitrogens with one attached hydrogen (secondary N) is 5. The van der Waals surface area contributed by atoms with Crippen LogP contribution in [0.3, 0.4) is 0 Å². The second-order valence-corrected chi connectivity index (χ2v) is 20.3. The molecule has 7 rings (SSSR count). The van der Waals surface area contributed by atoms with Crippen LogP contribution in [0, 0.1) is 11.6 Å². The summed E-state index contributed by atoms with van der Waals surface area (Å²) in [6.07, 6.45) is 5.00. The summed E-state index contributed by atoms with van der Waals surface area (Å²) in [5.74, 6) is -2.06. The van der Waals surface area contributed by atoms with E-state index >= 15 is 0 Å². The van der Waals surface area contributed by atoms with E-state index in [1.54, 1.807) is 32.1 Å². The van der Waals surface area contributed by atoms with Crippen molar-refractivity contribution < 1.29 is 27.7 Å². The van der Waals surface area contributed by atoms with Crippen LogP contribution in [0.1, 0.15) is 55.2 Å². The van der Waals surface area contributed by atoms with Gasteiger partial charge in [0.2, 0.25) is 17.8 Å². The van der Waals surface area contributed by atoms with E-state index in [1.807, 2.05) is 12.1 Å². The van der Waals surface area contributed by atoms with Gasteiger partial charge in [-0.2, -0.15) is 4.98 Å². The zero-order chi connectivity index (χ0) is 42.6. The van der Waals surface area contributed by atoms with Gasteiger partial charge in [-0.25, -0.2) is 18.7 Å². The van der Waals surface area contributed by atoms with Crippen LogP contribution in [0.2, 0.25) is 0 Å². The zero-order valence-electron chi connectivity index (χ0n) is 34.0. The third kappa shape index (κ3) is 9.97. The van der Waals surface area contributed by atoms with Gasteiger partial charge in [0.1, 0.15) is 30.3 Å². The highest BCUT2D eigenvalue weighted by Crippen LogP contribution is 2.43. The maximum atomic E-state index is 14.9. The van der Waals surface area contributed by atoms with Crippen molar-refractivity contribution in [3.63, 3.8) is 0 Å². The Kier molecular flexibility index (Phi) is 13.8. The Morgan fingerprint density at radius 3 is 2.47 bits per heavy atom. The smallest absolute Gasteiger partial charge is 0.234 e. The molecule has 3 aromatic carbocycles. The molecule has 0 spiro atoms. The fourth-order valence-electron chi connectivity index (χ4n) is 7.91. The van der Waals surface area contributed by atoms with E-state index in [0.717, 1.165) is 66.1 Å². The first-order valence-corrected chi connectivity index (χ1v) is 24.3. The van der Waals surface area contributed by atoms with Crippen molar-refractivity contribution in [2.75, 3.05) is 68.7 Å². The Morgan fingerprint density at radius 1 is 1.00 bits per heavy atom. The number of aromatic nitrogens is 3. The predicted octanol–water partition coefficient (Wildman–Crippen LogP) is 7.34. The van der Waals surface area contributed by atoms with Gasteiger partial charge >= 0.3 is 0 Å². The summed E-state index contributed by atoms with van der Waals surface area (Å²) in [5, 5.41) is 16.6. The monoisotopic (exact) mass is 923 g/mol. The molecule has 2 aromatic heterocycles. The fourth-order valence-corrected chi connectivity index (χ4v) is 10.4. The number of aryl methyl sites for hydroxylation is 1. The summed E-state index contributed by atoms with van der Waals surface area (Å²) < 4.78 is 50.7. The Bertz CT molecular complexity index is 2420. The number of anilines is 5. The van der Waals surface area contributed by atoms with Crippen molar-refractivity contribution in [1.29, 1.82) is 0 Å². The third-order valence-corrected chi connectivity index (χ3v) is 13.8. The molecule has 0 radical (unpaired) electrons. The third-order valence-electron chi connectivity index (χ3n) is 10.9. The molecule has 5 aromatic rings. The molecule has 2 fully saturated rings. The molecule has 4 heterocycles. The molecule has 0 bridgehead atoms. The van der Waals surface area contributed by atoms with E-state index in [-0.39, 0.29) is 18.4 Å². The van der Waals surface area contributed by atoms with Crippen molar-refractivity contribution in [2.45, 2.75) is 57.4 Å². The number of halogens is 3.